The Balaban J connectivity index is 2.37. The normalized spacial score (nSPS) is 10.5. The fraction of sp³-hybridized carbons (Fsp3) is 0.111. The van der Waals surface area contributed by atoms with Crippen molar-refractivity contribution < 1.29 is 14.7 Å². The van der Waals surface area contributed by atoms with E-state index in [1.807, 2.05) is 11.4 Å². The molecule has 1 aromatic rings. The lowest BCUT2D eigenvalue weighted by molar-refractivity contribution is -0.131. The lowest BCUT2D eigenvalue weighted by Gasteiger charge is -1.97. The van der Waals surface area contributed by atoms with E-state index in [2.05, 4.69) is 21.2 Å². The van der Waals surface area contributed by atoms with Crippen molar-refractivity contribution in [2.45, 2.75) is 6.54 Å². The highest BCUT2D eigenvalue weighted by Gasteiger charge is 2.00. The van der Waals surface area contributed by atoms with Gasteiger partial charge in [-0.15, -0.1) is 11.3 Å². The Morgan fingerprint density at radius 1 is 1.53 bits per heavy atom. The zero-order valence-corrected chi connectivity index (χ0v) is 9.97. The molecule has 0 spiro atoms. The smallest absolute Gasteiger partial charge is 0.328 e. The minimum absolute atomic E-state index is 0.402. The van der Waals surface area contributed by atoms with Crippen LogP contribution in [-0.4, -0.2) is 17.0 Å². The molecule has 0 fully saturated rings. The fourth-order valence-corrected chi connectivity index (χ4v) is 2.22. The van der Waals surface area contributed by atoms with Gasteiger partial charge in [0.15, 0.2) is 0 Å². The third-order valence-electron chi connectivity index (χ3n) is 1.44. The summed E-state index contributed by atoms with van der Waals surface area (Å²) in [6.45, 7) is 0.402. The molecule has 2 N–H and O–H groups in total. The monoisotopic (exact) mass is 289 g/mol. The maximum absolute atomic E-state index is 11.1. The average Bonchev–Trinajstić information content (AvgIpc) is 2.58. The molecule has 1 rings (SSSR count). The molecule has 0 saturated heterocycles. The van der Waals surface area contributed by atoms with Crippen LogP contribution >= 0.6 is 27.3 Å². The number of amides is 1. The lowest BCUT2D eigenvalue weighted by Crippen LogP contribution is -2.19. The first-order valence-electron chi connectivity index (χ1n) is 3.99. The van der Waals surface area contributed by atoms with E-state index < -0.39 is 11.9 Å². The second-order valence-electron chi connectivity index (χ2n) is 2.62. The molecule has 0 unspecified atom stereocenters. The summed E-state index contributed by atoms with van der Waals surface area (Å²) >= 11 is 4.81. The zero-order valence-electron chi connectivity index (χ0n) is 7.57. The molecule has 1 heterocycles. The molecule has 0 atom stereocenters. The van der Waals surface area contributed by atoms with Crippen LogP contribution in [0.4, 0.5) is 0 Å². The second-order valence-corrected chi connectivity index (χ2v) is 4.53. The first-order valence-corrected chi connectivity index (χ1v) is 5.67. The fourth-order valence-electron chi connectivity index (χ4n) is 0.827. The highest BCUT2D eigenvalue weighted by molar-refractivity contribution is 9.10. The highest BCUT2D eigenvalue weighted by atomic mass is 79.9. The number of rotatable bonds is 4. The van der Waals surface area contributed by atoms with Gasteiger partial charge in [0.1, 0.15) is 0 Å². The van der Waals surface area contributed by atoms with Gasteiger partial charge in [-0.2, -0.15) is 0 Å². The minimum atomic E-state index is -1.14. The van der Waals surface area contributed by atoms with Crippen molar-refractivity contribution in [3.63, 3.8) is 0 Å². The average molecular weight is 290 g/mol. The van der Waals surface area contributed by atoms with E-state index in [9.17, 15) is 9.59 Å². The summed E-state index contributed by atoms with van der Waals surface area (Å²) in [5, 5.41) is 12.8. The van der Waals surface area contributed by atoms with Crippen LogP contribution in [0.5, 0.6) is 0 Å². The van der Waals surface area contributed by atoms with Gasteiger partial charge in [0.05, 0.1) is 6.54 Å². The van der Waals surface area contributed by atoms with Gasteiger partial charge in [-0.3, -0.25) is 4.79 Å². The number of nitrogens with one attached hydrogen (secondary N) is 1. The molecular formula is C9H8BrNO3S. The van der Waals surface area contributed by atoms with Crippen LogP contribution in [0.3, 0.4) is 0 Å². The number of halogens is 1. The number of hydrogen-bond donors (Lipinski definition) is 2. The Bertz CT molecular complexity index is 400. The molecule has 15 heavy (non-hydrogen) atoms. The molecule has 0 radical (unpaired) electrons. The summed E-state index contributed by atoms with van der Waals surface area (Å²) < 4.78 is 0.970. The van der Waals surface area contributed by atoms with Gasteiger partial charge in [0, 0.05) is 26.9 Å². The molecule has 0 bridgehead atoms. The van der Waals surface area contributed by atoms with Gasteiger partial charge in [-0.1, -0.05) is 0 Å². The maximum Gasteiger partial charge on any atom is 0.328 e. The maximum atomic E-state index is 11.1. The summed E-state index contributed by atoms with van der Waals surface area (Å²) in [7, 11) is 0. The van der Waals surface area contributed by atoms with E-state index in [-0.39, 0.29) is 0 Å². The molecule has 0 aliphatic heterocycles. The molecule has 1 aromatic heterocycles. The Kier molecular flexibility index (Phi) is 4.51. The van der Waals surface area contributed by atoms with Crippen molar-refractivity contribution >= 4 is 39.1 Å². The lowest BCUT2D eigenvalue weighted by atomic mass is 10.4. The van der Waals surface area contributed by atoms with E-state index in [1.54, 1.807) is 0 Å². The summed E-state index contributed by atoms with van der Waals surface area (Å²) in [6, 6.07) is 1.89. The van der Waals surface area contributed by atoms with Gasteiger partial charge >= 0.3 is 5.97 Å². The second kappa shape index (κ2) is 5.67. The van der Waals surface area contributed by atoms with Gasteiger partial charge in [0.2, 0.25) is 5.91 Å². The summed E-state index contributed by atoms with van der Waals surface area (Å²) in [5.74, 6) is -1.55. The molecule has 80 valence electrons. The standard InChI is InChI=1S/C9H8BrNO3S/c10-6-3-7(15-5-6)4-11-8(12)1-2-9(13)14/h1-3,5H,4H2,(H,11,12)(H,13,14). The van der Waals surface area contributed by atoms with Crippen molar-refractivity contribution in [1.82, 2.24) is 5.32 Å². The van der Waals surface area contributed by atoms with Crippen LogP contribution in [-0.2, 0) is 16.1 Å². The van der Waals surface area contributed by atoms with E-state index in [0.717, 1.165) is 21.5 Å². The first-order chi connectivity index (χ1) is 7.08. The molecule has 0 aliphatic carbocycles. The third-order valence-corrected chi connectivity index (χ3v) is 3.13. The molecule has 0 saturated carbocycles. The van der Waals surface area contributed by atoms with Crippen molar-refractivity contribution in [1.29, 1.82) is 0 Å². The highest BCUT2D eigenvalue weighted by Crippen LogP contribution is 2.19. The van der Waals surface area contributed by atoms with Gasteiger partial charge in [0.25, 0.3) is 0 Å². The third kappa shape index (κ3) is 4.75. The predicted octanol–water partition coefficient (Wildman–Crippen LogP) is 1.77. The Morgan fingerprint density at radius 2 is 2.27 bits per heavy atom. The number of hydrogen-bond acceptors (Lipinski definition) is 3. The van der Waals surface area contributed by atoms with Gasteiger partial charge in [-0.25, -0.2) is 4.79 Å². The van der Waals surface area contributed by atoms with E-state index in [4.69, 9.17) is 5.11 Å². The SMILES string of the molecule is O=C(O)C=CC(=O)NCc1cc(Br)cs1. The van der Waals surface area contributed by atoms with Crippen molar-refractivity contribution in [2.75, 3.05) is 0 Å². The number of carboxylic acids is 1. The van der Waals surface area contributed by atoms with Crippen LogP contribution in [0.25, 0.3) is 0 Å². The van der Waals surface area contributed by atoms with Crippen LogP contribution in [0, 0.1) is 0 Å². The molecule has 6 heteroatoms. The molecule has 0 aliphatic rings. The van der Waals surface area contributed by atoms with Gasteiger partial charge in [-0.05, 0) is 22.0 Å². The quantitative estimate of drug-likeness (QED) is 0.830. The number of carbonyl (C=O) groups is 2. The van der Waals surface area contributed by atoms with Crippen LogP contribution in [0.1, 0.15) is 4.88 Å². The van der Waals surface area contributed by atoms with Crippen molar-refractivity contribution in [3.05, 3.63) is 32.9 Å². The predicted molar refractivity (Wildman–Crippen MR) is 60.6 cm³/mol. The zero-order chi connectivity index (χ0) is 11.3. The van der Waals surface area contributed by atoms with Crippen LogP contribution < -0.4 is 5.32 Å². The topological polar surface area (TPSA) is 66.4 Å². The molecule has 0 aromatic carbocycles. The van der Waals surface area contributed by atoms with E-state index in [1.165, 1.54) is 11.3 Å². The van der Waals surface area contributed by atoms with Crippen LogP contribution in [0.15, 0.2) is 28.1 Å². The summed E-state index contributed by atoms with van der Waals surface area (Å²) in [4.78, 5) is 22.2. The molecule has 1 amide bonds. The number of carboxylic acid groups (broad SMARTS) is 1. The Hall–Kier alpha value is -1.14. The minimum Gasteiger partial charge on any atom is -0.478 e. The van der Waals surface area contributed by atoms with E-state index >= 15 is 0 Å². The number of aliphatic carboxylic acids is 1. The summed E-state index contributed by atoms with van der Waals surface area (Å²) in [5.41, 5.74) is 0. The molecule has 4 nitrogen and oxygen atoms in total. The van der Waals surface area contributed by atoms with Crippen molar-refractivity contribution in [2.24, 2.45) is 0 Å². The Morgan fingerprint density at radius 3 is 2.80 bits per heavy atom. The van der Waals surface area contributed by atoms with Crippen molar-refractivity contribution in [3.8, 4) is 0 Å². The Labute approximate surface area is 98.7 Å². The van der Waals surface area contributed by atoms with Crippen LogP contribution in [0.2, 0.25) is 0 Å². The van der Waals surface area contributed by atoms with Gasteiger partial charge < -0.3 is 10.4 Å². The number of thiophene rings is 1. The largest absolute Gasteiger partial charge is 0.478 e. The molecular weight excluding hydrogens is 282 g/mol. The first kappa shape index (κ1) is 11.9. The van der Waals surface area contributed by atoms with E-state index in [0.29, 0.717) is 6.54 Å². The number of carbonyl (C=O) groups excluding carboxylic acids is 1. The summed E-state index contributed by atoms with van der Waals surface area (Å²) in [6.07, 6.45) is 1.80.